The molecule has 0 N–H and O–H groups in total. The van der Waals surface area contributed by atoms with Gasteiger partial charge in [0, 0.05) is 17.0 Å². The van der Waals surface area contributed by atoms with Crippen LogP contribution in [0.4, 0.5) is 0 Å². The van der Waals surface area contributed by atoms with Gasteiger partial charge in [-0.15, -0.1) is 0 Å². The smallest absolute Gasteiger partial charge is 0.310 e. The van der Waals surface area contributed by atoms with Crippen molar-refractivity contribution in [2.24, 2.45) is 5.92 Å². The van der Waals surface area contributed by atoms with Crippen LogP contribution in [0.2, 0.25) is 0 Å². The second kappa shape index (κ2) is 9.54. The van der Waals surface area contributed by atoms with E-state index in [-0.39, 0.29) is 23.2 Å². The highest BCUT2D eigenvalue weighted by atomic mass is 31.1. The summed E-state index contributed by atoms with van der Waals surface area (Å²) in [7, 11) is -1.25. The summed E-state index contributed by atoms with van der Waals surface area (Å²) in [5.41, 5.74) is 3.81. The Balaban J connectivity index is 1.71. The molecule has 2 nitrogen and oxygen atoms in total. The van der Waals surface area contributed by atoms with Gasteiger partial charge >= 0.3 is 5.97 Å². The van der Waals surface area contributed by atoms with Gasteiger partial charge in [-0.3, -0.25) is 4.79 Å². The van der Waals surface area contributed by atoms with Crippen LogP contribution in [0, 0.1) is 5.92 Å². The van der Waals surface area contributed by atoms with Crippen molar-refractivity contribution in [1.29, 1.82) is 0 Å². The zero-order valence-electron chi connectivity index (χ0n) is 19.4. The van der Waals surface area contributed by atoms with Crippen LogP contribution in [-0.2, 0) is 9.53 Å². The lowest BCUT2D eigenvalue weighted by molar-refractivity contribution is -0.147. The van der Waals surface area contributed by atoms with Gasteiger partial charge in [0.25, 0.3) is 0 Å². The molecule has 2 heterocycles. The van der Waals surface area contributed by atoms with Gasteiger partial charge in [0.1, 0.15) is 0 Å². The molecule has 3 aromatic carbocycles. The van der Waals surface area contributed by atoms with E-state index in [1.807, 2.05) is 6.92 Å². The first-order valence-corrected chi connectivity index (χ1v) is 14.6. The van der Waals surface area contributed by atoms with Crippen LogP contribution in [0.15, 0.2) is 102 Å². The summed E-state index contributed by atoms with van der Waals surface area (Å²) in [6, 6.07) is 32.6. The molecular formula is C29H30O2P2. The summed E-state index contributed by atoms with van der Waals surface area (Å²) in [5.74, 6) is -0.110. The van der Waals surface area contributed by atoms with E-state index >= 15 is 0 Å². The fraction of sp³-hybridized carbons (Fsp3) is 0.276. The molecular weight excluding hydrogens is 442 g/mol. The summed E-state index contributed by atoms with van der Waals surface area (Å²) in [4.78, 5) is 13.6. The van der Waals surface area contributed by atoms with Crippen molar-refractivity contribution in [2.45, 2.75) is 37.7 Å². The number of ether oxygens (including phenoxy) is 1. The van der Waals surface area contributed by atoms with Gasteiger partial charge in [0.2, 0.25) is 0 Å². The van der Waals surface area contributed by atoms with E-state index < -0.39 is 15.8 Å². The van der Waals surface area contributed by atoms with E-state index in [2.05, 4.69) is 105 Å². The van der Waals surface area contributed by atoms with Crippen LogP contribution < -0.4 is 15.9 Å². The minimum absolute atomic E-state index is 0.00959. The second-order valence-corrected chi connectivity index (χ2v) is 13.6. The minimum Gasteiger partial charge on any atom is -0.466 e. The third kappa shape index (κ3) is 3.88. The average Bonchev–Trinajstić information content (AvgIpc) is 3.32. The Labute approximate surface area is 199 Å². The van der Waals surface area contributed by atoms with Crippen LogP contribution in [0.1, 0.15) is 20.8 Å². The quantitative estimate of drug-likeness (QED) is 0.266. The van der Waals surface area contributed by atoms with Gasteiger partial charge in [-0.05, 0) is 44.6 Å². The predicted octanol–water partition coefficient (Wildman–Crippen LogP) is 5.58. The average molecular weight is 473 g/mol. The number of hydrogen-bond acceptors (Lipinski definition) is 2. The van der Waals surface area contributed by atoms with E-state index in [1.54, 1.807) is 0 Å². The maximum Gasteiger partial charge on any atom is 0.310 e. The molecule has 0 aromatic heterocycles. The lowest BCUT2D eigenvalue weighted by atomic mass is 9.84. The molecule has 1 fully saturated rings. The molecule has 0 radical (unpaired) electrons. The molecule has 2 bridgehead atoms. The molecule has 0 saturated carbocycles. The van der Waals surface area contributed by atoms with Gasteiger partial charge < -0.3 is 4.74 Å². The summed E-state index contributed by atoms with van der Waals surface area (Å²) in [6.45, 7) is 6.93. The molecule has 33 heavy (non-hydrogen) atoms. The molecule has 3 aromatic rings. The van der Waals surface area contributed by atoms with Crippen LogP contribution in [0.5, 0.6) is 0 Å². The van der Waals surface area contributed by atoms with Crippen molar-refractivity contribution in [3.8, 4) is 0 Å². The van der Waals surface area contributed by atoms with Crippen molar-refractivity contribution < 1.29 is 9.53 Å². The van der Waals surface area contributed by atoms with Gasteiger partial charge in [-0.25, -0.2) is 0 Å². The molecule has 4 heteroatoms. The Morgan fingerprint density at radius 2 is 1.27 bits per heavy atom. The second-order valence-electron chi connectivity index (χ2n) is 8.81. The lowest BCUT2D eigenvalue weighted by Gasteiger charge is -2.37. The monoisotopic (exact) mass is 472 g/mol. The van der Waals surface area contributed by atoms with Gasteiger partial charge in [0.05, 0.1) is 12.5 Å². The fourth-order valence-corrected chi connectivity index (χ4v) is 13.7. The van der Waals surface area contributed by atoms with Crippen LogP contribution in [0.3, 0.4) is 0 Å². The Hall–Kier alpha value is -2.27. The minimum atomic E-state index is -0.731. The summed E-state index contributed by atoms with van der Waals surface area (Å²) < 4.78 is 5.76. The Morgan fingerprint density at radius 3 is 1.79 bits per heavy atom. The zero-order valence-corrected chi connectivity index (χ0v) is 21.2. The molecule has 3 unspecified atom stereocenters. The number of fused-ring (bicyclic) bond motifs is 2. The molecule has 5 rings (SSSR count). The maximum atomic E-state index is 13.6. The Kier molecular flexibility index (Phi) is 6.51. The molecule has 0 aliphatic carbocycles. The number of esters is 1. The number of rotatable bonds is 6. The third-order valence-corrected chi connectivity index (χ3v) is 13.8. The Morgan fingerprint density at radius 1 is 0.788 bits per heavy atom. The van der Waals surface area contributed by atoms with E-state index in [1.165, 1.54) is 27.1 Å². The molecule has 5 atom stereocenters. The van der Waals surface area contributed by atoms with Gasteiger partial charge in [0.15, 0.2) is 0 Å². The number of carbonyl (C=O) groups is 1. The van der Waals surface area contributed by atoms with Gasteiger partial charge in [-0.1, -0.05) is 110 Å². The van der Waals surface area contributed by atoms with E-state index in [0.717, 1.165) is 0 Å². The van der Waals surface area contributed by atoms with E-state index in [4.69, 9.17) is 4.74 Å². The van der Waals surface area contributed by atoms with Gasteiger partial charge in [-0.2, -0.15) is 0 Å². The number of benzene rings is 3. The first kappa shape index (κ1) is 22.5. The van der Waals surface area contributed by atoms with Crippen molar-refractivity contribution in [2.75, 3.05) is 6.61 Å². The van der Waals surface area contributed by atoms with Crippen LogP contribution in [0.25, 0.3) is 0 Å². The molecule has 2 aliphatic heterocycles. The summed E-state index contributed by atoms with van der Waals surface area (Å²) in [5, 5.41) is 4.10. The topological polar surface area (TPSA) is 26.3 Å². The first-order chi connectivity index (χ1) is 16.1. The van der Waals surface area contributed by atoms with Crippen molar-refractivity contribution in [3.05, 3.63) is 102 Å². The summed E-state index contributed by atoms with van der Waals surface area (Å²) in [6.07, 6.45) is 0. The zero-order chi connectivity index (χ0) is 22.9. The van der Waals surface area contributed by atoms with Crippen LogP contribution in [-0.4, -0.2) is 29.6 Å². The molecule has 0 spiro atoms. The largest absolute Gasteiger partial charge is 0.466 e. The fourth-order valence-electron chi connectivity index (χ4n) is 5.70. The SMILES string of the molecule is CCOC(=O)[C@@H]1C2C(C)=C(C)C([C@H]1P(c1ccccc1)c1ccccc1)P2c1ccccc1. The number of allylic oxidation sites excluding steroid dienone is 2. The maximum absolute atomic E-state index is 13.6. The van der Waals surface area contributed by atoms with Crippen LogP contribution >= 0.6 is 15.8 Å². The predicted molar refractivity (Wildman–Crippen MR) is 142 cm³/mol. The van der Waals surface area contributed by atoms with Crippen molar-refractivity contribution >= 4 is 37.7 Å². The Bertz CT molecular complexity index is 1100. The van der Waals surface area contributed by atoms with Crippen molar-refractivity contribution in [1.82, 2.24) is 0 Å². The third-order valence-electron chi connectivity index (χ3n) is 7.12. The normalized spacial score (nSPS) is 26.1. The standard InChI is InChI=1S/C29H30O2P2/c1-4-31-29(30)25-26-20(2)21(3)27(33(26)24-18-12-7-13-19-24)28(25)32(22-14-8-5-9-15-22)23-16-10-6-11-17-23/h5-19,25-28H,4H2,1-3H3/t25-,26?,27?,28+,33?/m1/s1. The summed E-state index contributed by atoms with van der Waals surface area (Å²) >= 11 is 0. The molecule has 2 aliphatic rings. The van der Waals surface area contributed by atoms with E-state index in [0.29, 0.717) is 12.3 Å². The highest BCUT2D eigenvalue weighted by molar-refractivity contribution is 7.76. The highest BCUT2D eigenvalue weighted by Gasteiger charge is 2.61. The first-order valence-electron chi connectivity index (χ1n) is 11.7. The molecule has 168 valence electrons. The lowest BCUT2D eigenvalue weighted by Crippen LogP contribution is -2.41. The molecule has 0 amide bonds. The van der Waals surface area contributed by atoms with Crippen molar-refractivity contribution in [3.63, 3.8) is 0 Å². The van der Waals surface area contributed by atoms with E-state index in [9.17, 15) is 4.79 Å². The highest BCUT2D eigenvalue weighted by Crippen LogP contribution is 2.72. The molecule has 1 saturated heterocycles. The number of carbonyl (C=O) groups excluding carboxylic acids is 1. The number of hydrogen-bond donors (Lipinski definition) is 0.